The van der Waals surface area contributed by atoms with Crippen LogP contribution in [-0.4, -0.2) is 80.1 Å². The second-order valence-electron chi connectivity index (χ2n) is 14.4. The highest BCUT2D eigenvalue weighted by molar-refractivity contribution is 6.39. The number of hydrogen-bond donors (Lipinski definition) is 4. The van der Waals surface area contributed by atoms with Gasteiger partial charge in [-0.1, -0.05) is 41.4 Å². The van der Waals surface area contributed by atoms with Gasteiger partial charge in [0.05, 0.1) is 51.5 Å². The lowest BCUT2D eigenvalue weighted by molar-refractivity contribution is -0.143. The smallest absolute Gasteiger partial charge is 0.306 e. The standard InChI is InChI=1S/C39H44Cl2N8O5/c1-48-31-21-49(20-22-6-8-23(9-7-22)39(52)53)17-15-29(31)45-36(48)37(51)46-30-5-3-4-27(33(30)40)35-34(41)26(14-16-43-35)28-12-10-24(38(47-28)54-2)18-42-19-25-11-13-32(50)44-25/h3-5,10,12,14,16,22-23,25,42H,6-9,11,13,15,17-21H2,1-2H3,(H,44,50)(H,46,51)(H,52,53)/t22?,23?,25-/m1/s1. The first kappa shape index (κ1) is 37.7. The van der Waals surface area contributed by atoms with Crippen molar-refractivity contribution in [3.05, 3.63) is 75.4 Å². The maximum atomic E-state index is 13.7. The van der Waals surface area contributed by atoms with Crippen LogP contribution < -0.4 is 20.7 Å². The molecule has 15 heteroatoms. The van der Waals surface area contributed by atoms with Crippen LogP contribution in [0, 0.1) is 11.8 Å². The number of carbonyl (C=O) groups is 3. The molecule has 13 nitrogen and oxygen atoms in total. The summed E-state index contributed by atoms with van der Waals surface area (Å²) in [5, 5.41) is 19.3. The van der Waals surface area contributed by atoms with Crippen molar-refractivity contribution in [2.24, 2.45) is 18.9 Å². The van der Waals surface area contributed by atoms with E-state index in [9.17, 15) is 19.5 Å². The number of anilines is 1. The predicted molar refractivity (Wildman–Crippen MR) is 206 cm³/mol. The van der Waals surface area contributed by atoms with Crippen molar-refractivity contribution < 1.29 is 24.2 Å². The Kier molecular flexibility index (Phi) is 11.5. The zero-order valence-corrected chi connectivity index (χ0v) is 31.8. The summed E-state index contributed by atoms with van der Waals surface area (Å²) in [6.07, 6.45) is 7.05. The molecule has 2 aliphatic heterocycles. The number of nitrogens with zero attached hydrogens (tertiary/aromatic N) is 5. The molecule has 0 spiro atoms. The van der Waals surface area contributed by atoms with E-state index in [0.29, 0.717) is 76.9 Å². The minimum atomic E-state index is -0.686. The van der Waals surface area contributed by atoms with Gasteiger partial charge in [0.25, 0.3) is 5.91 Å². The summed E-state index contributed by atoms with van der Waals surface area (Å²) in [5.41, 5.74) is 5.39. The predicted octanol–water partition coefficient (Wildman–Crippen LogP) is 5.73. The first-order valence-electron chi connectivity index (χ1n) is 18.4. The van der Waals surface area contributed by atoms with Gasteiger partial charge in [-0.25, -0.2) is 9.97 Å². The number of imidazole rings is 1. The number of hydrogen-bond acceptors (Lipinski definition) is 9. The lowest BCUT2D eigenvalue weighted by Crippen LogP contribution is -2.37. The van der Waals surface area contributed by atoms with Crippen LogP contribution in [0.1, 0.15) is 66.1 Å². The molecule has 2 amide bonds. The fourth-order valence-electron chi connectivity index (χ4n) is 7.82. The second-order valence-corrected chi connectivity index (χ2v) is 15.1. The van der Waals surface area contributed by atoms with E-state index in [4.69, 9.17) is 37.9 Å². The zero-order chi connectivity index (χ0) is 37.9. The molecule has 1 saturated heterocycles. The highest BCUT2D eigenvalue weighted by Crippen LogP contribution is 2.40. The Bertz CT molecular complexity index is 2060. The average Bonchev–Trinajstić information content (AvgIpc) is 3.74. The molecule has 1 aliphatic carbocycles. The number of aromatic nitrogens is 4. The molecule has 54 heavy (non-hydrogen) atoms. The van der Waals surface area contributed by atoms with Crippen LogP contribution >= 0.6 is 23.2 Å². The van der Waals surface area contributed by atoms with Gasteiger partial charge < -0.3 is 30.4 Å². The SMILES string of the molecule is COc1nc(-c2ccnc(-c3cccc(NC(=O)c4nc5c(n4C)CN(CC4CCC(C(=O)O)CC4)CC5)c3Cl)c2Cl)ccc1CNC[C@H]1CCC(=O)N1. The molecule has 4 aromatic rings. The van der Waals surface area contributed by atoms with Crippen molar-refractivity contribution in [3.63, 3.8) is 0 Å². The largest absolute Gasteiger partial charge is 0.481 e. The van der Waals surface area contributed by atoms with Gasteiger partial charge in [-0.3, -0.25) is 24.3 Å². The number of methoxy groups -OCH3 is 1. The van der Waals surface area contributed by atoms with E-state index in [1.165, 1.54) is 0 Å². The van der Waals surface area contributed by atoms with Gasteiger partial charge in [-0.2, -0.15) is 0 Å². The molecule has 5 heterocycles. The van der Waals surface area contributed by atoms with Gasteiger partial charge in [0.2, 0.25) is 11.8 Å². The van der Waals surface area contributed by atoms with Crippen LogP contribution in [0.15, 0.2) is 42.6 Å². The monoisotopic (exact) mass is 774 g/mol. The van der Waals surface area contributed by atoms with Gasteiger partial charge in [-0.15, -0.1) is 0 Å². The van der Waals surface area contributed by atoms with E-state index >= 15 is 0 Å². The lowest BCUT2D eigenvalue weighted by atomic mass is 9.81. The summed E-state index contributed by atoms with van der Waals surface area (Å²) in [6.45, 7) is 3.61. The Morgan fingerprint density at radius 1 is 1.02 bits per heavy atom. The molecular formula is C39H44Cl2N8O5. The fraction of sp³-hybridized carbons (Fsp3) is 0.436. The Morgan fingerprint density at radius 3 is 2.57 bits per heavy atom. The van der Waals surface area contributed by atoms with E-state index < -0.39 is 5.97 Å². The van der Waals surface area contributed by atoms with E-state index in [1.54, 1.807) is 37.6 Å². The number of carboxylic acid groups (broad SMARTS) is 1. The number of nitrogens with one attached hydrogen (secondary N) is 3. The number of ether oxygens (including phenoxy) is 1. The number of carbonyl (C=O) groups excluding carboxylic acids is 2. The number of halogens is 2. The summed E-state index contributed by atoms with van der Waals surface area (Å²) < 4.78 is 7.48. The minimum absolute atomic E-state index is 0.0824. The first-order valence-corrected chi connectivity index (χ1v) is 19.1. The zero-order valence-electron chi connectivity index (χ0n) is 30.3. The van der Waals surface area contributed by atoms with E-state index in [2.05, 4.69) is 25.8 Å². The number of rotatable bonds is 12. The van der Waals surface area contributed by atoms with Gasteiger partial charge in [0.1, 0.15) is 0 Å². The summed E-state index contributed by atoms with van der Waals surface area (Å²) >= 11 is 14.0. The van der Waals surface area contributed by atoms with Crippen molar-refractivity contribution in [1.29, 1.82) is 0 Å². The Balaban J connectivity index is 1.03. The van der Waals surface area contributed by atoms with Crippen LogP contribution in [-0.2, 0) is 36.1 Å². The van der Waals surface area contributed by atoms with Gasteiger partial charge in [0.15, 0.2) is 5.82 Å². The fourth-order valence-corrected chi connectivity index (χ4v) is 8.39. The van der Waals surface area contributed by atoms with Crippen LogP contribution in [0.3, 0.4) is 0 Å². The van der Waals surface area contributed by atoms with Crippen molar-refractivity contribution in [3.8, 4) is 28.4 Å². The van der Waals surface area contributed by atoms with Crippen LogP contribution in [0.25, 0.3) is 22.5 Å². The van der Waals surface area contributed by atoms with E-state index in [0.717, 1.165) is 68.6 Å². The summed E-state index contributed by atoms with van der Waals surface area (Å²) in [6, 6.07) is 11.0. The lowest BCUT2D eigenvalue weighted by Gasteiger charge is -2.33. The number of carboxylic acids is 1. The van der Waals surface area contributed by atoms with E-state index in [1.807, 2.05) is 23.7 Å². The molecule has 1 saturated carbocycles. The molecule has 0 unspecified atom stereocenters. The quantitative estimate of drug-likeness (QED) is 0.140. The number of amides is 2. The molecule has 1 aromatic carbocycles. The van der Waals surface area contributed by atoms with Crippen molar-refractivity contribution >= 4 is 46.7 Å². The first-order chi connectivity index (χ1) is 26.1. The molecule has 2 fully saturated rings. The highest BCUT2D eigenvalue weighted by Gasteiger charge is 2.30. The van der Waals surface area contributed by atoms with Gasteiger partial charge in [0, 0.05) is 81.5 Å². The van der Waals surface area contributed by atoms with Crippen LogP contribution in [0.5, 0.6) is 5.88 Å². The maximum absolute atomic E-state index is 13.7. The molecule has 4 N–H and O–H groups in total. The third-order valence-corrected chi connectivity index (χ3v) is 11.6. The minimum Gasteiger partial charge on any atom is -0.481 e. The number of benzene rings is 1. The van der Waals surface area contributed by atoms with Crippen molar-refractivity contribution in [1.82, 2.24) is 35.1 Å². The van der Waals surface area contributed by atoms with E-state index in [-0.39, 0.29) is 28.8 Å². The number of aliphatic carboxylic acids is 1. The van der Waals surface area contributed by atoms with Crippen molar-refractivity contribution in [2.75, 3.05) is 32.1 Å². The number of fused-ring (bicyclic) bond motifs is 1. The van der Waals surface area contributed by atoms with Crippen LogP contribution in [0.2, 0.25) is 10.0 Å². The molecule has 284 valence electrons. The Labute approximate surface area is 323 Å². The summed E-state index contributed by atoms with van der Waals surface area (Å²) in [5.74, 6) is 0.0236. The second kappa shape index (κ2) is 16.4. The van der Waals surface area contributed by atoms with Crippen LogP contribution in [0.4, 0.5) is 5.69 Å². The summed E-state index contributed by atoms with van der Waals surface area (Å²) in [7, 11) is 3.43. The molecule has 1 atom stereocenters. The third kappa shape index (κ3) is 8.09. The molecular weight excluding hydrogens is 731 g/mol. The molecule has 7 rings (SSSR count). The Morgan fingerprint density at radius 2 is 1.83 bits per heavy atom. The molecule has 0 radical (unpaired) electrons. The maximum Gasteiger partial charge on any atom is 0.306 e. The van der Waals surface area contributed by atoms with Gasteiger partial charge in [-0.05, 0) is 56.2 Å². The normalized spacial score (nSPS) is 20.0. The van der Waals surface area contributed by atoms with Crippen molar-refractivity contribution in [2.45, 2.75) is 64.1 Å². The molecule has 0 bridgehead atoms. The molecule has 3 aliphatic rings. The Hall–Kier alpha value is -4.56. The summed E-state index contributed by atoms with van der Waals surface area (Å²) in [4.78, 5) is 53.0. The number of pyridine rings is 2. The average molecular weight is 776 g/mol. The highest BCUT2D eigenvalue weighted by atomic mass is 35.5. The topological polar surface area (TPSA) is 164 Å². The van der Waals surface area contributed by atoms with Gasteiger partial charge >= 0.3 is 5.97 Å². The third-order valence-electron chi connectivity index (χ3n) is 10.8. The molecule has 3 aromatic heterocycles.